The molecule has 0 spiro atoms. The Morgan fingerprint density at radius 3 is 1.13 bits per heavy atom. The molecule has 0 atom stereocenters. The molecule has 0 aliphatic carbocycles. The van der Waals surface area contributed by atoms with Crippen LogP contribution in [0.25, 0.3) is 121 Å². The quantitative estimate of drug-likeness (QED) is 0.156. The monoisotopic (exact) mass is 1190 g/mol. The first-order valence-corrected chi connectivity index (χ1v) is 32.5. The molecule has 13 aromatic carbocycles. The zero-order valence-corrected chi connectivity index (χ0v) is 52.7. The fraction of sp³-hybridized carbons (Fsp3) is 0.0930. The molecule has 6 heterocycles. The molecule has 0 bridgehead atoms. The van der Waals surface area contributed by atoms with Gasteiger partial charge in [0.25, 0.3) is 6.71 Å². The van der Waals surface area contributed by atoms with Crippen LogP contribution < -0.4 is 26.2 Å². The van der Waals surface area contributed by atoms with Gasteiger partial charge in [-0.1, -0.05) is 205 Å². The first kappa shape index (κ1) is 53.6. The molecule has 4 aromatic heterocycles. The number of hydrogen-bond acceptors (Lipinski definition) is 4. The molecule has 6 nitrogen and oxygen atoms in total. The van der Waals surface area contributed by atoms with Gasteiger partial charge in [0, 0.05) is 88.3 Å². The first-order valence-electron chi connectivity index (χ1n) is 32.5. The fourth-order valence-electron chi connectivity index (χ4n) is 16.1. The van der Waals surface area contributed by atoms with Crippen molar-refractivity contribution in [3.8, 4) is 33.6 Å². The summed E-state index contributed by atoms with van der Waals surface area (Å²) in [5.41, 5.74) is 27.8. The van der Waals surface area contributed by atoms with Crippen LogP contribution in [0, 0.1) is 0 Å². The molecule has 0 saturated heterocycles. The average molecular weight is 1200 g/mol. The maximum atomic E-state index is 6.46. The number of furan rings is 2. The van der Waals surface area contributed by atoms with E-state index in [1.807, 2.05) is 12.1 Å². The Morgan fingerprint density at radius 2 is 0.667 bits per heavy atom. The molecule has 2 aliphatic heterocycles. The van der Waals surface area contributed by atoms with E-state index in [4.69, 9.17) is 8.83 Å². The summed E-state index contributed by atoms with van der Waals surface area (Å²) in [6.45, 7) is 13.8. The number of nitrogens with zero attached hydrogens (tertiary/aromatic N) is 4. The molecule has 442 valence electrons. The number of aromatic nitrogens is 2. The van der Waals surface area contributed by atoms with Crippen molar-refractivity contribution in [2.24, 2.45) is 0 Å². The normalized spacial score (nSPS) is 13.2. The second-order valence-electron chi connectivity index (χ2n) is 27.6. The van der Waals surface area contributed by atoms with Gasteiger partial charge in [-0.3, -0.25) is 0 Å². The summed E-state index contributed by atoms with van der Waals surface area (Å²) >= 11 is 0. The summed E-state index contributed by atoms with van der Waals surface area (Å²) < 4.78 is 18.0. The molecule has 0 amide bonds. The van der Waals surface area contributed by atoms with E-state index in [2.05, 4.69) is 321 Å². The largest absolute Gasteiger partial charge is 0.456 e. The minimum atomic E-state index is -0.236. The van der Waals surface area contributed by atoms with E-state index in [9.17, 15) is 0 Å². The van der Waals surface area contributed by atoms with Crippen molar-refractivity contribution in [2.45, 2.75) is 52.4 Å². The molecule has 7 heteroatoms. The lowest BCUT2D eigenvalue weighted by Crippen LogP contribution is -2.61. The summed E-state index contributed by atoms with van der Waals surface area (Å²) in [5.74, 6) is 0. The summed E-state index contributed by atoms with van der Waals surface area (Å²) in [6.07, 6.45) is 0. The van der Waals surface area contributed by atoms with Crippen LogP contribution in [0.3, 0.4) is 0 Å². The number of hydrogen-bond donors (Lipinski definition) is 0. The van der Waals surface area contributed by atoms with Gasteiger partial charge < -0.3 is 27.8 Å². The van der Waals surface area contributed by atoms with Crippen molar-refractivity contribution < 1.29 is 8.83 Å². The molecule has 2 aliphatic rings. The SMILES string of the molecule is CC(C)(C)c1cccc2c3ccccc3n(-c3ccc4c(c3)B3c5cc(-n6c7ccccc7c7cccc(C(C)(C)C)c76)ccc5N(c5ccccc5-c5ccc6oc7ccccc7c6c5)c5cccc(c53)N4c3ccccc3-c3ccc4oc5ccccc5c4c3)c12. The third-order valence-electron chi connectivity index (χ3n) is 20.1. The highest BCUT2D eigenvalue weighted by molar-refractivity contribution is 7.00. The lowest BCUT2D eigenvalue weighted by Gasteiger charge is -2.45. The van der Waals surface area contributed by atoms with Gasteiger partial charge in [-0.05, 0) is 159 Å². The number of benzene rings is 13. The standard InChI is InChI=1S/C86H63BN4O2/c1-85(2,3)66-30-19-28-62-58-24-9-15-34-72(58)88(83(62)66)54-42-44-74-68(50-54)87-69-51-55(89-73-35-16-10-25-59(73)63-29-20-31-67(84(63)89)86(4,5)6)43-45-75(69)91(71-33-14-8-23-57(71)53-41-47-81-65(49-53)61-27-12-18-39-79(61)93-81)77-37-21-36-76(82(77)87)90(74)70-32-13-7-22-56(70)52-40-46-80-64(48-52)60-26-11-17-38-78(60)92-80/h7-51H,1-6H3. The number of para-hydroxylation sites is 8. The van der Waals surface area contributed by atoms with Crippen LogP contribution in [-0.2, 0) is 10.8 Å². The predicted molar refractivity (Wildman–Crippen MR) is 392 cm³/mol. The number of anilines is 6. The Labute approximate surface area is 539 Å². The lowest BCUT2D eigenvalue weighted by molar-refractivity contribution is 0.593. The van der Waals surface area contributed by atoms with Gasteiger partial charge in [0.1, 0.15) is 22.3 Å². The lowest BCUT2D eigenvalue weighted by atomic mass is 9.33. The molecule has 0 unspecified atom stereocenters. The molecule has 0 fully saturated rings. The second-order valence-corrected chi connectivity index (χ2v) is 27.6. The van der Waals surface area contributed by atoms with Crippen LogP contribution >= 0.6 is 0 Å². The van der Waals surface area contributed by atoms with E-state index < -0.39 is 0 Å². The van der Waals surface area contributed by atoms with E-state index in [0.717, 1.165) is 112 Å². The Hall–Kier alpha value is -11.3. The molecule has 0 N–H and O–H groups in total. The Balaban J connectivity index is 0.927. The molecule has 0 saturated carbocycles. The summed E-state index contributed by atoms with van der Waals surface area (Å²) in [6, 6.07) is 102. The van der Waals surface area contributed by atoms with Crippen molar-refractivity contribution in [2.75, 3.05) is 9.80 Å². The zero-order chi connectivity index (χ0) is 62.2. The van der Waals surface area contributed by atoms with Crippen molar-refractivity contribution >= 4 is 145 Å². The molecular formula is C86H63BN4O2. The smallest absolute Gasteiger partial charge is 0.252 e. The Kier molecular flexibility index (Phi) is 11.3. The van der Waals surface area contributed by atoms with E-state index in [-0.39, 0.29) is 17.5 Å². The fourth-order valence-corrected chi connectivity index (χ4v) is 16.1. The minimum absolute atomic E-state index is 0.143. The van der Waals surface area contributed by atoms with E-state index >= 15 is 0 Å². The zero-order valence-electron chi connectivity index (χ0n) is 52.7. The molecule has 93 heavy (non-hydrogen) atoms. The Morgan fingerprint density at radius 1 is 0.290 bits per heavy atom. The van der Waals surface area contributed by atoms with Gasteiger partial charge in [0.05, 0.1) is 33.4 Å². The molecule has 17 aromatic rings. The van der Waals surface area contributed by atoms with Crippen LogP contribution in [0.1, 0.15) is 52.7 Å². The van der Waals surface area contributed by atoms with Gasteiger partial charge in [0.2, 0.25) is 0 Å². The van der Waals surface area contributed by atoms with Crippen LogP contribution in [0.4, 0.5) is 34.1 Å². The maximum absolute atomic E-state index is 6.46. The summed E-state index contributed by atoms with van der Waals surface area (Å²) in [4.78, 5) is 5.15. The van der Waals surface area contributed by atoms with Crippen molar-refractivity contribution in [1.29, 1.82) is 0 Å². The summed E-state index contributed by atoms with van der Waals surface area (Å²) in [5, 5.41) is 9.39. The second kappa shape index (κ2) is 19.6. The van der Waals surface area contributed by atoms with Crippen LogP contribution in [-0.4, -0.2) is 15.8 Å². The van der Waals surface area contributed by atoms with E-state index in [1.54, 1.807) is 0 Å². The van der Waals surface area contributed by atoms with Crippen LogP contribution in [0.2, 0.25) is 0 Å². The number of fused-ring (bicyclic) bond motifs is 16. The average Bonchev–Trinajstić information content (AvgIpc) is 1.12. The van der Waals surface area contributed by atoms with E-state index in [1.165, 1.54) is 71.1 Å². The predicted octanol–water partition coefficient (Wildman–Crippen LogP) is 21.7. The highest BCUT2D eigenvalue weighted by Crippen LogP contribution is 2.51. The van der Waals surface area contributed by atoms with Gasteiger partial charge in [-0.15, -0.1) is 0 Å². The van der Waals surface area contributed by atoms with Gasteiger partial charge in [-0.25, -0.2) is 0 Å². The van der Waals surface area contributed by atoms with Gasteiger partial charge in [-0.2, -0.15) is 0 Å². The van der Waals surface area contributed by atoms with E-state index in [0.29, 0.717) is 0 Å². The highest BCUT2D eigenvalue weighted by atomic mass is 16.3. The first-order chi connectivity index (χ1) is 45.4. The van der Waals surface area contributed by atoms with Crippen LogP contribution in [0.5, 0.6) is 0 Å². The van der Waals surface area contributed by atoms with Crippen molar-refractivity contribution in [3.63, 3.8) is 0 Å². The highest BCUT2D eigenvalue weighted by Gasteiger charge is 2.45. The molecule has 19 rings (SSSR count). The Bertz CT molecular complexity index is 5660. The maximum Gasteiger partial charge on any atom is 0.252 e. The van der Waals surface area contributed by atoms with Crippen molar-refractivity contribution in [1.82, 2.24) is 9.13 Å². The molecule has 0 radical (unpaired) electrons. The topological polar surface area (TPSA) is 42.6 Å². The number of rotatable bonds is 6. The molecular weight excluding hydrogens is 1130 g/mol. The van der Waals surface area contributed by atoms with Crippen molar-refractivity contribution in [3.05, 3.63) is 284 Å². The summed E-state index contributed by atoms with van der Waals surface area (Å²) in [7, 11) is 0. The minimum Gasteiger partial charge on any atom is -0.456 e. The third kappa shape index (κ3) is 7.83. The van der Waals surface area contributed by atoms with Gasteiger partial charge in [0.15, 0.2) is 0 Å². The van der Waals surface area contributed by atoms with Gasteiger partial charge >= 0.3 is 0 Å². The van der Waals surface area contributed by atoms with Crippen LogP contribution in [0.15, 0.2) is 282 Å². The third-order valence-corrected chi connectivity index (χ3v) is 20.1.